The quantitative estimate of drug-likeness (QED) is 0.534. The Morgan fingerprint density at radius 3 is 2.73 bits per heavy atom. The average Bonchev–Trinajstić information content (AvgIpc) is 3.21. The van der Waals surface area contributed by atoms with Crippen molar-refractivity contribution in [2.45, 2.75) is 20.1 Å². The minimum absolute atomic E-state index is 0.0544. The molecule has 0 saturated carbocycles. The number of ether oxygens (including phenoxy) is 2. The molecular weight excluding hydrogens is 392 g/mol. The van der Waals surface area contributed by atoms with Gasteiger partial charge in [-0.1, -0.05) is 24.3 Å². The Kier molecular flexibility index (Phi) is 7.15. The van der Waals surface area contributed by atoms with E-state index in [1.165, 1.54) is 18.2 Å². The van der Waals surface area contributed by atoms with E-state index in [-0.39, 0.29) is 24.0 Å². The highest BCUT2D eigenvalue weighted by molar-refractivity contribution is 5.91. The minimum atomic E-state index is -2.94. The number of rotatable bonds is 9. The highest BCUT2D eigenvalue weighted by Crippen LogP contribution is 2.30. The molecule has 3 aromatic rings. The summed E-state index contributed by atoms with van der Waals surface area (Å²) < 4.78 is 36.6. The van der Waals surface area contributed by atoms with Crippen LogP contribution in [0.15, 0.2) is 67.0 Å². The third-order valence-electron chi connectivity index (χ3n) is 4.08. The molecule has 30 heavy (non-hydrogen) atoms. The zero-order valence-corrected chi connectivity index (χ0v) is 16.3. The number of aromatic nitrogens is 2. The normalized spacial score (nSPS) is 11.1. The summed E-state index contributed by atoms with van der Waals surface area (Å²) in [5, 5.41) is 2.78. The lowest BCUT2D eigenvalue weighted by molar-refractivity contribution is -0.116. The van der Waals surface area contributed by atoms with Gasteiger partial charge in [-0.05, 0) is 42.8 Å². The summed E-state index contributed by atoms with van der Waals surface area (Å²) >= 11 is 0. The van der Waals surface area contributed by atoms with Crippen molar-refractivity contribution in [2.75, 3.05) is 6.61 Å². The van der Waals surface area contributed by atoms with E-state index in [1.54, 1.807) is 25.3 Å². The van der Waals surface area contributed by atoms with Crippen molar-refractivity contribution < 1.29 is 23.0 Å². The van der Waals surface area contributed by atoms with Crippen molar-refractivity contribution in [3.63, 3.8) is 0 Å². The smallest absolute Gasteiger partial charge is 0.387 e. The molecule has 0 fully saturated rings. The molecule has 0 radical (unpaired) electrons. The Hall–Kier alpha value is -3.68. The average molecular weight is 413 g/mol. The second kappa shape index (κ2) is 10.2. The fraction of sp³-hybridized carbons (Fsp3) is 0.182. The second-order valence-corrected chi connectivity index (χ2v) is 6.12. The molecule has 8 heteroatoms. The van der Waals surface area contributed by atoms with E-state index in [0.717, 1.165) is 5.69 Å². The lowest BCUT2D eigenvalue weighted by atomic mass is 10.2. The lowest BCUT2D eigenvalue weighted by Gasteiger charge is -2.11. The molecule has 2 aromatic carbocycles. The van der Waals surface area contributed by atoms with Gasteiger partial charge in [-0.3, -0.25) is 4.79 Å². The maximum absolute atomic E-state index is 12.5. The molecule has 6 nitrogen and oxygen atoms in total. The number of imidazole rings is 1. The van der Waals surface area contributed by atoms with Crippen LogP contribution < -0.4 is 14.8 Å². The van der Waals surface area contributed by atoms with Crippen LogP contribution >= 0.6 is 0 Å². The molecule has 1 amide bonds. The first-order valence-electron chi connectivity index (χ1n) is 9.32. The van der Waals surface area contributed by atoms with E-state index in [0.29, 0.717) is 18.0 Å². The van der Waals surface area contributed by atoms with E-state index in [4.69, 9.17) is 4.74 Å². The van der Waals surface area contributed by atoms with Gasteiger partial charge in [-0.15, -0.1) is 0 Å². The number of para-hydroxylation sites is 1. The Labute approximate surface area is 172 Å². The van der Waals surface area contributed by atoms with Gasteiger partial charge >= 0.3 is 6.61 Å². The summed E-state index contributed by atoms with van der Waals surface area (Å²) in [4.78, 5) is 16.5. The van der Waals surface area contributed by atoms with Gasteiger partial charge in [0, 0.05) is 24.2 Å². The highest BCUT2D eigenvalue weighted by Gasteiger charge is 2.11. The standard InChI is InChI=1S/C22H21F2N3O3/c1-2-29-19-14-16(8-10-18(19)30-22(23)24)9-11-21(28)26-15-20-25-12-13-27(20)17-6-4-3-5-7-17/h3-14,22H,2,15H2,1H3,(H,26,28). The van der Waals surface area contributed by atoms with E-state index in [2.05, 4.69) is 15.0 Å². The summed E-state index contributed by atoms with van der Waals surface area (Å²) in [6, 6.07) is 14.2. The fourth-order valence-corrected chi connectivity index (χ4v) is 2.78. The summed E-state index contributed by atoms with van der Waals surface area (Å²) in [5.74, 6) is 0.505. The van der Waals surface area contributed by atoms with Gasteiger partial charge in [0.05, 0.1) is 13.2 Å². The predicted octanol–water partition coefficient (Wildman–Crippen LogP) is 4.20. The van der Waals surface area contributed by atoms with Crippen molar-refractivity contribution in [2.24, 2.45) is 0 Å². The number of benzene rings is 2. The van der Waals surface area contributed by atoms with Crippen molar-refractivity contribution in [1.82, 2.24) is 14.9 Å². The topological polar surface area (TPSA) is 65.4 Å². The Morgan fingerprint density at radius 2 is 2.00 bits per heavy atom. The van der Waals surface area contributed by atoms with Gasteiger partial charge in [0.1, 0.15) is 5.82 Å². The van der Waals surface area contributed by atoms with Crippen LogP contribution in [0.25, 0.3) is 11.8 Å². The van der Waals surface area contributed by atoms with Crippen LogP contribution in [-0.4, -0.2) is 28.7 Å². The maximum Gasteiger partial charge on any atom is 0.387 e. The number of alkyl halides is 2. The minimum Gasteiger partial charge on any atom is -0.490 e. The van der Waals surface area contributed by atoms with Gasteiger partial charge in [-0.2, -0.15) is 8.78 Å². The SMILES string of the molecule is CCOc1cc(C=CC(=O)NCc2nccn2-c2ccccc2)ccc1OC(F)F. The van der Waals surface area contributed by atoms with E-state index >= 15 is 0 Å². The van der Waals surface area contributed by atoms with Crippen molar-refractivity contribution in [1.29, 1.82) is 0 Å². The van der Waals surface area contributed by atoms with Crippen LogP contribution in [0.4, 0.5) is 8.78 Å². The number of carbonyl (C=O) groups is 1. The fourth-order valence-electron chi connectivity index (χ4n) is 2.78. The van der Waals surface area contributed by atoms with Crippen molar-refractivity contribution >= 4 is 12.0 Å². The van der Waals surface area contributed by atoms with E-state index in [1.807, 2.05) is 41.1 Å². The van der Waals surface area contributed by atoms with Crippen LogP contribution in [0.3, 0.4) is 0 Å². The molecule has 0 unspecified atom stereocenters. The van der Waals surface area contributed by atoms with Crippen LogP contribution in [0, 0.1) is 0 Å². The molecule has 1 aromatic heterocycles. The van der Waals surface area contributed by atoms with Crippen LogP contribution in [-0.2, 0) is 11.3 Å². The van der Waals surface area contributed by atoms with Gasteiger partial charge < -0.3 is 19.4 Å². The Morgan fingerprint density at radius 1 is 1.20 bits per heavy atom. The first-order valence-corrected chi connectivity index (χ1v) is 9.32. The number of amides is 1. The third-order valence-corrected chi connectivity index (χ3v) is 4.08. The zero-order chi connectivity index (χ0) is 21.3. The maximum atomic E-state index is 12.5. The largest absolute Gasteiger partial charge is 0.490 e. The molecule has 0 aliphatic carbocycles. The van der Waals surface area contributed by atoms with Crippen LogP contribution in [0.1, 0.15) is 18.3 Å². The van der Waals surface area contributed by atoms with Crippen LogP contribution in [0.2, 0.25) is 0 Å². The molecule has 1 N–H and O–H groups in total. The van der Waals surface area contributed by atoms with Gasteiger partial charge in [-0.25, -0.2) is 4.98 Å². The first kappa shape index (κ1) is 21.0. The zero-order valence-electron chi connectivity index (χ0n) is 16.3. The van der Waals surface area contributed by atoms with E-state index < -0.39 is 6.61 Å². The highest BCUT2D eigenvalue weighted by atomic mass is 19.3. The molecule has 1 heterocycles. The number of halogens is 2. The Bertz CT molecular complexity index is 1000. The second-order valence-electron chi connectivity index (χ2n) is 6.12. The molecule has 0 spiro atoms. The Balaban J connectivity index is 1.63. The molecule has 0 bridgehead atoms. The summed E-state index contributed by atoms with van der Waals surface area (Å²) in [6.45, 7) is -0.668. The molecule has 156 valence electrons. The molecular formula is C22H21F2N3O3. The molecule has 0 saturated heterocycles. The van der Waals surface area contributed by atoms with E-state index in [9.17, 15) is 13.6 Å². The first-order chi connectivity index (χ1) is 14.6. The monoisotopic (exact) mass is 413 g/mol. The summed E-state index contributed by atoms with van der Waals surface area (Å²) in [7, 11) is 0. The molecule has 0 aliphatic heterocycles. The number of carbonyl (C=O) groups excluding carboxylic acids is 1. The number of hydrogen-bond donors (Lipinski definition) is 1. The van der Waals surface area contributed by atoms with Crippen molar-refractivity contribution in [3.05, 3.63) is 78.4 Å². The van der Waals surface area contributed by atoms with Crippen LogP contribution in [0.5, 0.6) is 11.5 Å². The third kappa shape index (κ3) is 5.66. The molecule has 0 atom stereocenters. The number of nitrogens with zero attached hydrogens (tertiary/aromatic N) is 2. The van der Waals surface area contributed by atoms with Gasteiger partial charge in [0.15, 0.2) is 11.5 Å². The van der Waals surface area contributed by atoms with Gasteiger partial charge in [0.25, 0.3) is 0 Å². The number of hydrogen-bond acceptors (Lipinski definition) is 4. The predicted molar refractivity (Wildman–Crippen MR) is 109 cm³/mol. The summed E-state index contributed by atoms with van der Waals surface area (Å²) in [5.41, 5.74) is 1.56. The molecule has 0 aliphatic rings. The molecule has 3 rings (SSSR count). The van der Waals surface area contributed by atoms with Crippen molar-refractivity contribution in [3.8, 4) is 17.2 Å². The number of nitrogens with one attached hydrogen (secondary N) is 1. The van der Waals surface area contributed by atoms with Gasteiger partial charge in [0.2, 0.25) is 5.91 Å². The summed E-state index contributed by atoms with van der Waals surface area (Å²) in [6.07, 6.45) is 6.41. The lowest BCUT2D eigenvalue weighted by Crippen LogP contribution is -2.22.